The summed E-state index contributed by atoms with van der Waals surface area (Å²) >= 11 is 3.37. The standard InChI is InChI=1S/C12H15BrFN/c1-12(2)6-11(12)15-7-8-3-4-9(14)5-10(8)13/h3-5,11,15H,6-7H2,1-2H3. The third-order valence-corrected chi connectivity index (χ3v) is 3.81. The molecule has 0 aromatic heterocycles. The van der Waals surface area contributed by atoms with Crippen molar-refractivity contribution in [3.8, 4) is 0 Å². The fourth-order valence-corrected chi connectivity index (χ4v) is 2.20. The number of benzene rings is 1. The quantitative estimate of drug-likeness (QED) is 0.888. The van der Waals surface area contributed by atoms with Crippen LogP contribution in [0, 0.1) is 11.2 Å². The summed E-state index contributed by atoms with van der Waals surface area (Å²) < 4.78 is 13.7. The van der Waals surface area contributed by atoms with Crippen molar-refractivity contribution in [3.05, 3.63) is 34.1 Å². The summed E-state index contributed by atoms with van der Waals surface area (Å²) in [7, 11) is 0. The Morgan fingerprint density at radius 3 is 2.73 bits per heavy atom. The highest BCUT2D eigenvalue weighted by Gasteiger charge is 2.44. The molecule has 0 bridgehead atoms. The molecule has 0 radical (unpaired) electrons. The SMILES string of the molecule is CC1(C)CC1NCc1ccc(F)cc1Br. The first-order valence-electron chi connectivity index (χ1n) is 5.16. The normalized spacial score (nSPS) is 22.8. The lowest BCUT2D eigenvalue weighted by Crippen LogP contribution is -2.20. The molecular weight excluding hydrogens is 257 g/mol. The molecule has 0 amide bonds. The van der Waals surface area contributed by atoms with E-state index in [1.54, 1.807) is 0 Å². The third kappa shape index (κ3) is 2.58. The van der Waals surface area contributed by atoms with Gasteiger partial charge in [-0.2, -0.15) is 0 Å². The molecule has 1 saturated carbocycles. The van der Waals surface area contributed by atoms with Gasteiger partial charge in [-0.05, 0) is 29.5 Å². The van der Waals surface area contributed by atoms with Crippen LogP contribution in [0.4, 0.5) is 4.39 Å². The lowest BCUT2D eigenvalue weighted by atomic mass is 10.2. The number of halogens is 2. The van der Waals surface area contributed by atoms with E-state index in [1.165, 1.54) is 18.6 Å². The predicted octanol–water partition coefficient (Wildman–Crippen LogP) is 3.48. The van der Waals surface area contributed by atoms with Crippen LogP contribution in [0.15, 0.2) is 22.7 Å². The third-order valence-electron chi connectivity index (χ3n) is 3.07. The van der Waals surface area contributed by atoms with Gasteiger partial charge in [-0.1, -0.05) is 35.8 Å². The second-order valence-electron chi connectivity index (χ2n) is 4.86. The van der Waals surface area contributed by atoms with Crippen molar-refractivity contribution in [2.45, 2.75) is 32.9 Å². The van der Waals surface area contributed by atoms with Crippen molar-refractivity contribution in [2.24, 2.45) is 5.41 Å². The molecule has 1 nitrogen and oxygen atoms in total. The second kappa shape index (κ2) is 3.87. The van der Waals surface area contributed by atoms with Gasteiger partial charge in [0.05, 0.1) is 0 Å². The van der Waals surface area contributed by atoms with Crippen LogP contribution in [0.25, 0.3) is 0 Å². The first-order valence-corrected chi connectivity index (χ1v) is 5.96. The molecular formula is C12H15BrFN. The average molecular weight is 272 g/mol. The van der Waals surface area contributed by atoms with Crippen LogP contribution in [-0.4, -0.2) is 6.04 Å². The van der Waals surface area contributed by atoms with Crippen LogP contribution in [-0.2, 0) is 6.54 Å². The van der Waals surface area contributed by atoms with Crippen LogP contribution in [0.1, 0.15) is 25.8 Å². The summed E-state index contributed by atoms with van der Waals surface area (Å²) in [5, 5.41) is 3.47. The highest BCUT2D eigenvalue weighted by molar-refractivity contribution is 9.10. The molecule has 1 aromatic rings. The first-order chi connectivity index (χ1) is 6.99. The van der Waals surface area contributed by atoms with Crippen molar-refractivity contribution < 1.29 is 4.39 Å². The Balaban J connectivity index is 1.94. The van der Waals surface area contributed by atoms with E-state index in [0.29, 0.717) is 11.5 Å². The maximum absolute atomic E-state index is 12.8. The van der Waals surface area contributed by atoms with Gasteiger partial charge in [-0.15, -0.1) is 0 Å². The maximum atomic E-state index is 12.8. The molecule has 1 unspecified atom stereocenters. The lowest BCUT2D eigenvalue weighted by molar-refractivity contribution is 0.541. The van der Waals surface area contributed by atoms with E-state index in [-0.39, 0.29) is 5.82 Å². The van der Waals surface area contributed by atoms with E-state index < -0.39 is 0 Å². The molecule has 3 heteroatoms. The highest BCUT2D eigenvalue weighted by Crippen LogP contribution is 2.44. The second-order valence-corrected chi connectivity index (χ2v) is 5.72. The summed E-state index contributed by atoms with van der Waals surface area (Å²) in [6, 6.07) is 5.44. The molecule has 0 heterocycles. The van der Waals surface area contributed by atoms with Crippen LogP contribution >= 0.6 is 15.9 Å². The minimum Gasteiger partial charge on any atom is -0.309 e. The molecule has 82 valence electrons. The van der Waals surface area contributed by atoms with Gasteiger partial charge in [0.15, 0.2) is 0 Å². The Labute approximate surface area is 98.2 Å². The van der Waals surface area contributed by atoms with E-state index in [1.807, 2.05) is 6.07 Å². The highest BCUT2D eigenvalue weighted by atomic mass is 79.9. The smallest absolute Gasteiger partial charge is 0.124 e. The van der Waals surface area contributed by atoms with Gasteiger partial charge in [0.1, 0.15) is 5.82 Å². The summed E-state index contributed by atoms with van der Waals surface area (Å²) in [6.45, 7) is 5.31. The summed E-state index contributed by atoms with van der Waals surface area (Å²) in [4.78, 5) is 0. The van der Waals surface area contributed by atoms with E-state index >= 15 is 0 Å². The Kier molecular flexibility index (Phi) is 2.86. The first kappa shape index (κ1) is 11.1. The van der Waals surface area contributed by atoms with Crippen LogP contribution in [0.5, 0.6) is 0 Å². The molecule has 0 saturated heterocycles. The number of hydrogen-bond donors (Lipinski definition) is 1. The molecule has 1 N–H and O–H groups in total. The molecule has 0 aliphatic heterocycles. The predicted molar refractivity (Wildman–Crippen MR) is 63.1 cm³/mol. The van der Waals surface area contributed by atoms with Crippen LogP contribution in [0.2, 0.25) is 0 Å². The summed E-state index contributed by atoms with van der Waals surface area (Å²) in [5.74, 6) is -0.197. The molecule has 1 aromatic carbocycles. The average Bonchev–Trinajstić information content (AvgIpc) is 2.73. The summed E-state index contributed by atoms with van der Waals surface area (Å²) in [5.41, 5.74) is 1.55. The molecule has 1 aliphatic carbocycles. The van der Waals surface area contributed by atoms with Gasteiger partial charge in [0, 0.05) is 17.1 Å². The van der Waals surface area contributed by atoms with Gasteiger partial charge >= 0.3 is 0 Å². The Hall–Kier alpha value is -0.410. The van der Waals surface area contributed by atoms with Gasteiger partial charge < -0.3 is 5.32 Å². The Morgan fingerprint density at radius 1 is 1.53 bits per heavy atom. The zero-order chi connectivity index (χ0) is 11.1. The van der Waals surface area contributed by atoms with E-state index in [9.17, 15) is 4.39 Å². The van der Waals surface area contributed by atoms with Crippen LogP contribution < -0.4 is 5.32 Å². The summed E-state index contributed by atoms with van der Waals surface area (Å²) in [6.07, 6.45) is 1.23. The maximum Gasteiger partial charge on any atom is 0.124 e. The Bertz CT molecular complexity index is 376. The number of rotatable bonds is 3. The molecule has 2 rings (SSSR count). The monoisotopic (exact) mass is 271 g/mol. The number of nitrogens with one attached hydrogen (secondary N) is 1. The Morgan fingerprint density at radius 2 is 2.20 bits per heavy atom. The molecule has 15 heavy (non-hydrogen) atoms. The largest absolute Gasteiger partial charge is 0.309 e. The molecule has 1 atom stereocenters. The zero-order valence-electron chi connectivity index (χ0n) is 8.98. The van der Waals surface area contributed by atoms with Gasteiger partial charge in [-0.25, -0.2) is 4.39 Å². The van der Waals surface area contributed by atoms with E-state index in [4.69, 9.17) is 0 Å². The lowest BCUT2D eigenvalue weighted by Gasteiger charge is -2.08. The molecule has 1 fully saturated rings. The molecule has 0 spiro atoms. The van der Waals surface area contributed by atoms with Crippen molar-refractivity contribution in [1.82, 2.24) is 5.32 Å². The number of hydrogen-bond acceptors (Lipinski definition) is 1. The fourth-order valence-electron chi connectivity index (χ4n) is 1.71. The fraction of sp³-hybridized carbons (Fsp3) is 0.500. The van der Waals surface area contributed by atoms with E-state index in [2.05, 4.69) is 35.1 Å². The zero-order valence-corrected chi connectivity index (χ0v) is 10.6. The van der Waals surface area contributed by atoms with Crippen molar-refractivity contribution in [2.75, 3.05) is 0 Å². The van der Waals surface area contributed by atoms with Gasteiger partial charge in [0.25, 0.3) is 0 Å². The van der Waals surface area contributed by atoms with E-state index in [0.717, 1.165) is 16.6 Å². The van der Waals surface area contributed by atoms with Crippen molar-refractivity contribution >= 4 is 15.9 Å². The van der Waals surface area contributed by atoms with Crippen molar-refractivity contribution in [1.29, 1.82) is 0 Å². The van der Waals surface area contributed by atoms with Gasteiger partial charge in [-0.3, -0.25) is 0 Å². The minimum atomic E-state index is -0.197. The van der Waals surface area contributed by atoms with Crippen molar-refractivity contribution in [3.63, 3.8) is 0 Å². The van der Waals surface area contributed by atoms with Crippen LogP contribution in [0.3, 0.4) is 0 Å². The molecule has 1 aliphatic rings. The topological polar surface area (TPSA) is 12.0 Å². The van der Waals surface area contributed by atoms with Gasteiger partial charge in [0.2, 0.25) is 0 Å². The minimum absolute atomic E-state index is 0.197.